The van der Waals surface area contributed by atoms with E-state index in [-0.39, 0.29) is 24.5 Å². The summed E-state index contributed by atoms with van der Waals surface area (Å²) in [6.07, 6.45) is -3.59. The van der Waals surface area contributed by atoms with Crippen molar-refractivity contribution in [3.05, 3.63) is 47.7 Å². The normalized spacial score (nSPS) is 18.3. The van der Waals surface area contributed by atoms with Crippen LogP contribution in [-0.2, 0) is 11.0 Å². The highest BCUT2D eigenvalue weighted by Crippen LogP contribution is 2.34. The second-order valence-corrected chi connectivity index (χ2v) is 8.19. The van der Waals surface area contributed by atoms with Crippen LogP contribution in [0.25, 0.3) is 0 Å². The summed E-state index contributed by atoms with van der Waals surface area (Å²) >= 11 is 0. The minimum Gasteiger partial charge on any atom is -0.454 e. The maximum Gasteiger partial charge on any atom is 0.417 e. The van der Waals surface area contributed by atoms with Gasteiger partial charge in [-0.25, -0.2) is 4.98 Å². The average molecular weight is 462 g/mol. The van der Waals surface area contributed by atoms with E-state index < -0.39 is 11.7 Å². The standard InChI is InChI=1S/C22H21F3N4O4/c23-22(24,25)16-2-4-19(26-10-16)27-5-7-28(8-6-27)21(31)15-11-29(12-15)20(30)14-1-3-17-18(9-14)33-13-32-17/h1-4,9-10,15H,5-8,11-13H2. The minimum absolute atomic E-state index is 0.00948. The lowest BCUT2D eigenvalue weighted by atomic mass is 9.96. The number of amides is 2. The second-order valence-electron chi connectivity index (χ2n) is 8.19. The average Bonchev–Trinajstić information content (AvgIpc) is 3.25. The molecule has 3 aliphatic heterocycles. The molecule has 0 radical (unpaired) electrons. The summed E-state index contributed by atoms with van der Waals surface area (Å²) in [7, 11) is 0. The molecule has 0 N–H and O–H groups in total. The van der Waals surface area contributed by atoms with Crippen LogP contribution in [0.5, 0.6) is 11.5 Å². The number of fused-ring (bicyclic) bond motifs is 1. The molecule has 2 amide bonds. The highest BCUT2D eigenvalue weighted by molar-refractivity contribution is 5.96. The van der Waals surface area contributed by atoms with Crippen molar-refractivity contribution in [3.63, 3.8) is 0 Å². The monoisotopic (exact) mass is 462 g/mol. The van der Waals surface area contributed by atoms with Crippen LogP contribution in [0.2, 0.25) is 0 Å². The summed E-state index contributed by atoms with van der Waals surface area (Å²) in [5.74, 6) is 1.18. The Labute approximate surface area is 187 Å². The van der Waals surface area contributed by atoms with Crippen molar-refractivity contribution in [2.45, 2.75) is 6.18 Å². The van der Waals surface area contributed by atoms with Crippen molar-refractivity contribution in [2.24, 2.45) is 5.92 Å². The van der Waals surface area contributed by atoms with Crippen LogP contribution in [0, 0.1) is 5.92 Å². The maximum atomic E-state index is 12.8. The number of nitrogens with zero attached hydrogens (tertiary/aromatic N) is 4. The molecular weight excluding hydrogens is 441 g/mol. The molecule has 5 rings (SSSR count). The first-order chi connectivity index (χ1) is 15.8. The third-order valence-electron chi connectivity index (χ3n) is 6.13. The third-order valence-corrected chi connectivity index (χ3v) is 6.13. The van der Waals surface area contributed by atoms with Crippen molar-refractivity contribution in [3.8, 4) is 11.5 Å². The van der Waals surface area contributed by atoms with Gasteiger partial charge < -0.3 is 24.2 Å². The number of benzene rings is 1. The number of carbonyl (C=O) groups excluding carboxylic acids is 2. The highest BCUT2D eigenvalue weighted by Gasteiger charge is 2.39. The number of anilines is 1. The Morgan fingerprint density at radius 2 is 1.67 bits per heavy atom. The number of likely N-dealkylation sites (tertiary alicyclic amines) is 1. The number of hydrogen-bond acceptors (Lipinski definition) is 6. The molecule has 2 saturated heterocycles. The van der Waals surface area contributed by atoms with Gasteiger partial charge in [0.05, 0.1) is 11.5 Å². The largest absolute Gasteiger partial charge is 0.454 e. The molecule has 1 aromatic heterocycles. The van der Waals surface area contributed by atoms with E-state index in [1.807, 2.05) is 4.90 Å². The van der Waals surface area contributed by atoms with Gasteiger partial charge in [0.1, 0.15) is 5.82 Å². The SMILES string of the molecule is O=C(c1ccc2c(c1)OCO2)N1CC(C(=O)N2CCN(c3ccc(C(F)(F)F)cn3)CC2)C1. The van der Waals surface area contributed by atoms with E-state index >= 15 is 0 Å². The first-order valence-electron chi connectivity index (χ1n) is 10.6. The van der Waals surface area contributed by atoms with E-state index in [0.717, 1.165) is 12.3 Å². The maximum absolute atomic E-state index is 12.8. The lowest BCUT2D eigenvalue weighted by Gasteiger charge is -2.43. The topological polar surface area (TPSA) is 75.2 Å². The van der Waals surface area contributed by atoms with E-state index in [1.54, 1.807) is 28.0 Å². The third kappa shape index (κ3) is 4.14. The zero-order valence-electron chi connectivity index (χ0n) is 17.5. The molecular formula is C22H21F3N4O4. The Morgan fingerprint density at radius 3 is 2.33 bits per heavy atom. The number of hydrogen-bond donors (Lipinski definition) is 0. The molecule has 0 unspecified atom stereocenters. The van der Waals surface area contributed by atoms with Crippen LogP contribution in [0.15, 0.2) is 36.5 Å². The molecule has 1 aromatic carbocycles. The van der Waals surface area contributed by atoms with Gasteiger partial charge in [-0.1, -0.05) is 0 Å². The van der Waals surface area contributed by atoms with E-state index in [9.17, 15) is 22.8 Å². The fourth-order valence-corrected chi connectivity index (χ4v) is 4.17. The molecule has 0 spiro atoms. The van der Waals surface area contributed by atoms with Gasteiger partial charge in [-0.3, -0.25) is 9.59 Å². The summed E-state index contributed by atoms with van der Waals surface area (Å²) in [5.41, 5.74) is -0.298. The number of pyridine rings is 1. The van der Waals surface area contributed by atoms with E-state index in [4.69, 9.17) is 9.47 Å². The summed E-state index contributed by atoms with van der Waals surface area (Å²) < 4.78 is 48.7. The van der Waals surface area contributed by atoms with Crippen molar-refractivity contribution in [1.82, 2.24) is 14.8 Å². The summed E-state index contributed by atoms with van der Waals surface area (Å²) in [6, 6.07) is 7.39. The summed E-state index contributed by atoms with van der Waals surface area (Å²) in [6.45, 7) is 2.71. The van der Waals surface area contributed by atoms with Gasteiger partial charge in [0.15, 0.2) is 11.5 Å². The van der Waals surface area contributed by atoms with Crippen molar-refractivity contribution >= 4 is 17.6 Å². The van der Waals surface area contributed by atoms with Crippen LogP contribution in [0.1, 0.15) is 15.9 Å². The van der Waals surface area contributed by atoms with Crippen LogP contribution < -0.4 is 14.4 Å². The molecule has 8 nitrogen and oxygen atoms in total. The lowest BCUT2D eigenvalue weighted by Crippen LogP contribution is -2.59. The fraction of sp³-hybridized carbons (Fsp3) is 0.409. The lowest BCUT2D eigenvalue weighted by molar-refractivity contribution is -0.140. The number of alkyl halides is 3. The molecule has 2 fully saturated rings. The first kappa shape index (κ1) is 21.4. The summed E-state index contributed by atoms with van der Waals surface area (Å²) in [4.78, 5) is 34.7. The molecule has 33 heavy (non-hydrogen) atoms. The highest BCUT2D eigenvalue weighted by atomic mass is 19.4. The van der Waals surface area contributed by atoms with Crippen LogP contribution >= 0.6 is 0 Å². The summed E-state index contributed by atoms with van der Waals surface area (Å²) in [5, 5.41) is 0. The predicted octanol–water partition coefficient (Wildman–Crippen LogP) is 2.25. The number of carbonyl (C=O) groups is 2. The van der Waals surface area contributed by atoms with Gasteiger partial charge in [-0.2, -0.15) is 13.2 Å². The molecule has 0 atom stereocenters. The van der Waals surface area contributed by atoms with Crippen LogP contribution in [0.4, 0.5) is 19.0 Å². The Morgan fingerprint density at radius 1 is 0.939 bits per heavy atom. The van der Waals surface area contributed by atoms with Gasteiger partial charge in [-0.15, -0.1) is 0 Å². The number of piperazine rings is 1. The number of aromatic nitrogens is 1. The van der Waals surface area contributed by atoms with Crippen LogP contribution in [-0.4, -0.2) is 72.7 Å². The van der Waals surface area contributed by atoms with Gasteiger partial charge in [0, 0.05) is 51.0 Å². The van der Waals surface area contributed by atoms with Crippen molar-refractivity contribution in [2.75, 3.05) is 51.0 Å². The molecule has 0 aliphatic carbocycles. The molecule has 2 aromatic rings. The van der Waals surface area contributed by atoms with Crippen molar-refractivity contribution in [1.29, 1.82) is 0 Å². The number of rotatable bonds is 3. The second kappa shape index (κ2) is 8.13. The Kier molecular flexibility index (Phi) is 5.26. The molecule has 174 valence electrons. The van der Waals surface area contributed by atoms with Gasteiger partial charge in [-0.05, 0) is 30.3 Å². The van der Waals surface area contributed by atoms with E-state index in [2.05, 4.69) is 4.98 Å². The Balaban J connectivity index is 1.11. The molecule has 3 aliphatic rings. The molecule has 11 heteroatoms. The van der Waals surface area contributed by atoms with Gasteiger partial charge in [0.25, 0.3) is 5.91 Å². The Hall–Kier alpha value is -3.50. The van der Waals surface area contributed by atoms with Gasteiger partial charge >= 0.3 is 6.18 Å². The van der Waals surface area contributed by atoms with Crippen LogP contribution in [0.3, 0.4) is 0 Å². The fourth-order valence-electron chi connectivity index (χ4n) is 4.17. The number of ether oxygens (including phenoxy) is 2. The minimum atomic E-state index is -4.42. The number of halogens is 3. The quantitative estimate of drug-likeness (QED) is 0.697. The smallest absolute Gasteiger partial charge is 0.417 e. The van der Waals surface area contributed by atoms with E-state index in [1.165, 1.54) is 6.07 Å². The molecule has 0 saturated carbocycles. The molecule has 0 bridgehead atoms. The first-order valence-corrected chi connectivity index (χ1v) is 10.6. The molecule has 4 heterocycles. The predicted molar refractivity (Wildman–Crippen MR) is 110 cm³/mol. The van der Waals surface area contributed by atoms with Crippen molar-refractivity contribution < 1.29 is 32.2 Å². The zero-order chi connectivity index (χ0) is 23.2. The van der Waals surface area contributed by atoms with Gasteiger partial charge in [0.2, 0.25) is 12.7 Å². The van der Waals surface area contributed by atoms with E-state index in [0.29, 0.717) is 62.1 Å². The Bertz CT molecular complexity index is 1060. The zero-order valence-corrected chi connectivity index (χ0v) is 17.5.